The van der Waals surface area contributed by atoms with Crippen LogP contribution in [0.1, 0.15) is 12.6 Å². The van der Waals surface area contributed by atoms with Gasteiger partial charge in [0.2, 0.25) is 5.88 Å². The lowest BCUT2D eigenvalue weighted by atomic mass is 10.3. The summed E-state index contributed by atoms with van der Waals surface area (Å²) in [4.78, 5) is 4.31. The zero-order valence-electron chi connectivity index (χ0n) is 10.8. The summed E-state index contributed by atoms with van der Waals surface area (Å²) in [6.07, 6.45) is 0. The summed E-state index contributed by atoms with van der Waals surface area (Å²) >= 11 is 9.27. The topological polar surface area (TPSA) is 34.2 Å². The Bertz CT molecular complexity index is 589. The molecule has 0 saturated heterocycles. The molecule has 0 radical (unpaired) electrons. The van der Waals surface area contributed by atoms with E-state index in [0.29, 0.717) is 33.4 Å². The van der Waals surface area contributed by atoms with E-state index in [1.54, 1.807) is 18.2 Å². The second-order valence-corrected chi connectivity index (χ2v) is 5.39. The van der Waals surface area contributed by atoms with Gasteiger partial charge in [0.25, 0.3) is 0 Å². The van der Waals surface area contributed by atoms with Crippen LogP contribution >= 0.6 is 27.5 Å². The fourth-order valence-corrected chi connectivity index (χ4v) is 2.21. The second-order valence-electron chi connectivity index (χ2n) is 4.07. The van der Waals surface area contributed by atoms with E-state index in [2.05, 4.69) is 26.2 Å². The Morgan fingerprint density at radius 2 is 2.15 bits per heavy atom. The quantitative estimate of drug-likeness (QED) is 0.851. The van der Waals surface area contributed by atoms with Gasteiger partial charge in [0.1, 0.15) is 11.6 Å². The minimum absolute atomic E-state index is 0.375. The number of aromatic nitrogens is 1. The molecule has 1 heterocycles. The maximum absolute atomic E-state index is 13.3. The summed E-state index contributed by atoms with van der Waals surface area (Å²) in [6.45, 7) is 3.37. The summed E-state index contributed by atoms with van der Waals surface area (Å²) in [6, 6.07) is 7.69. The van der Waals surface area contributed by atoms with Crippen molar-refractivity contribution in [1.29, 1.82) is 0 Å². The zero-order valence-corrected chi connectivity index (χ0v) is 13.1. The van der Waals surface area contributed by atoms with Gasteiger partial charge in [-0.05, 0) is 24.7 Å². The molecule has 1 aromatic heterocycles. The number of ether oxygens (including phenoxy) is 1. The molecule has 1 N–H and O–H groups in total. The monoisotopic (exact) mass is 358 g/mol. The highest BCUT2D eigenvalue weighted by Crippen LogP contribution is 2.26. The van der Waals surface area contributed by atoms with Gasteiger partial charge in [0.05, 0.1) is 10.7 Å². The molecule has 0 spiro atoms. The number of pyridine rings is 1. The number of rotatable bonds is 5. The van der Waals surface area contributed by atoms with Crippen LogP contribution in [0.5, 0.6) is 11.6 Å². The molecule has 0 bridgehead atoms. The van der Waals surface area contributed by atoms with Gasteiger partial charge in [-0.25, -0.2) is 9.37 Å². The van der Waals surface area contributed by atoms with E-state index in [0.717, 1.165) is 6.54 Å². The Hall–Kier alpha value is -1.17. The maximum atomic E-state index is 13.3. The minimum atomic E-state index is -0.379. The van der Waals surface area contributed by atoms with E-state index >= 15 is 0 Å². The third kappa shape index (κ3) is 4.16. The van der Waals surface area contributed by atoms with Crippen molar-refractivity contribution in [2.75, 3.05) is 6.54 Å². The van der Waals surface area contributed by atoms with Crippen LogP contribution in [-0.4, -0.2) is 11.5 Å². The first-order valence-corrected chi connectivity index (χ1v) is 7.25. The molecule has 0 amide bonds. The molecule has 0 unspecified atom stereocenters. The molecule has 0 saturated carbocycles. The fraction of sp³-hybridized carbons (Fsp3) is 0.214. The highest BCUT2D eigenvalue weighted by molar-refractivity contribution is 9.10. The Morgan fingerprint density at radius 3 is 2.85 bits per heavy atom. The second kappa shape index (κ2) is 7.02. The summed E-state index contributed by atoms with van der Waals surface area (Å²) in [7, 11) is 0. The molecule has 106 valence electrons. The van der Waals surface area contributed by atoms with Crippen LogP contribution < -0.4 is 10.1 Å². The summed E-state index contributed by atoms with van der Waals surface area (Å²) < 4.78 is 19.4. The SMILES string of the molecule is CCNCc1nc(Oc2cc(F)cc(Br)c2)ccc1Cl. The average Bonchev–Trinajstić information content (AvgIpc) is 2.38. The Morgan fingerprint density at radius 1 is 1.35 bits per heavy atom. The molecule has 20 heavy (non-hydrogen) atoms. The standard InChI is InChI=1S/C14H13BrClFN2O/c1-2-18-8-13-12(16)3-4-14(19-13)20-11-6-9(15)5-10(17)7-11/h3-7,18H,2,8H2,1H3. The van der Waals surface area contributed by atoms with Crippen molar-refractivity contribution in [1.82, 2.24) is 10.3 Å². The predicted octanol–water partition coefficient (Wildman–Crippen LogP) is 4.54. The van der Waals surface area contributed by atoms with Crippen molar-refractivity contribution >= 4 is 27.5 Å². The summed E-state index contributed by atoms with van der Waals surface area (Å²) in [5, 5.41) is 3.71. The van der Waals surface area contributed by atoms with Crippen molar-refractivity contribution in [3.8, 4) is 11.6 Å². The lowest BCUT2D eigenvalue weighted by Crippen LogP contribution is -2.13. The first-order valence-electron chi connectivity index (χ1n) is 6.08. The molecule has 0 aliphatic carbocycles. The van der Waals surface area contributed by atoms with E-state index in [1.165, 1.54) is 12.1 Å². The van der Waals surface area contributed by atoms with Gasteiger partial charge in [0.15, 0.2) is 0 Å². The van der Waals surface area contributed by atoms with Crippen LogP contribution in [-0.2, 0) is 6.54 Å². The van der Waals surface area contributed by atoms with Crippen molar-refractivity contribution in [2.45, 2.75) is 13.5 Å². The largest absolute Gasteiger partial charge is 0.439 e. The van der Waals surface area contributed by atoms with Crippen LogP contribution in [0.15, 0.2) is 34.8 Å². The lowest BCUT2D eigenvalue weighted by molar-refractivity contribution is 0.454. The Balaban J connectivity index is 2.20. The highest BCUT2D eigenvalue weighted by atomic mass is 79.9. The van der Waals surface area contributed by atoms with E-state index in [-0.39, 0.29) is 5.82 Å². The molecular weight excluding hydrogens is 347 g/mol. The molecule has 2 aromatic rings. The molecule has 2 rings (SSSR count). The fourth-order valence-electron chi connectivity index (χ4n) is 1.60. The smallest absolute Gasteiger partial charge is 0.219 e. The Kier molecular flexibility index (Phi) is 5.34. The molecule has 1 aromatic carbocycles. The summed E-state index contributed by atoms with van der Waals surface area (Å²) in [5.41, 5.74) is 0.696. The van der Waals surface area contributed by atoms with E-state index in [1.807, 2.05) is 6.92 Å². The third-order valence-electron chi connectivity index (χ3n) is 2.49. The summed E-state index contributed by atoms with van der Waals surface area (Å²) in [5.74, 6) is 0.372. The van der Waals surface area contributed by atoms with Gasteiger partial charge in [-0.3, -0.25) is 0 Å². The lowest BCUT2D eigenvalue weighted by Gasteiger charge is -2.09. The van der Waals surface area contributed by atoms with E-state index < -0.39 is 0 Å². The van der Waals surface area contributed by atoms with Crippen LogP contribution in [0.2, 0.25) is 5.02 Å². The average molecular weight is 360 g/mol. The van der Waals surface area contributed by atoms with Gasteiger partial charge in [-0.15, -0.1) is 0 Å². The molecule has 0 aliphatic rings. The minimum Gasteiger partial charge on any atom is -0.439 e. The highest BCUT2D eigenvalue weighted by Gasteiger charge is 2.07. The van der Waals surface area contributed by atoms with Gasteiger partial charge < -0.3 is 10.1 Å². The van der Waals surface area contributed by atoms with Crippen LogP contribution in [0.25, 0.3) is 0 Å². The zero-order chi connectivity index (χ0) is 14.5. The third-order valence-corrected chi connectivity index (χ3v) is 3.30. The van der Waals surface area contributed by atoms with Crippen molar-refractivity contribution in [3.63, 3.8) is 0 Å². The first-order chi connectivity index (χ1) is 9.58. The number of hydrogen-bond donors (Lipinski definition) is 1. The van der Waals surface area contributed by atoms with Crippen molar-refractivity contribution < 1.29 is 9.13 Å². The number of nitrogens with one attached hydrogen (secondary N) is 1. The first kappa shape index (κ1) is 15.2. The van der Waals surface area contributed by atoms with Crippen LogP contribution in [0.3, 0.4) is 0 Å². The number of benzene rings is 1. The molecule has 3 nitrogen and oxygen atoms in total. The van der Waals surface area contributed by atoms with Crippen LogP contribution in [0.4, 0.5) is 4.39 Å². The van der Waals surface area contributed by atoms with Crippen molar-refractivity contribution in [2.24, 2.45) is 0 Å². The number of halogens is 3. The van der Waals surface area contributed by atoms with Crippen molar-refractivity contribution in [3.05, 3.63) is 51.3 Å². The van der Waals surface area contributed by atoms with Gasteiger partial charge in [0, 0.05) is 23.2 Å². The molecule has 0 fully saturated rings. The maximum Gasteiger partial charge on any atom is 0.219 e. The van der Waals surface area contributed by atoms with E-state index in [4.69, 9.17) is 16.3 Å². The van der Waals surface area contributed by atoms with Gasteiger partial charge in [-0.1, -0.05) is 34.5 Å². The molecule has 0 aliphatic heterocycles. The predicted molar refractivity (Wildman–Crippen MR) is 80.8 cm³/mol. The number of hydrogen-bond acceptors (Lipinski definition) is 3. The number of nitrogens with zero attached hydrogens (tertiary/aromatic N) is 1. The van der Waals surface area contributed by atoms with Gasteiger partial charge >= 0.3 is 0 Å². The Labute approximate surface area is 130 Å². The van der Waals surface area contributed by atoms with Crippen LogP contribution in [0, 0.1) is 5.82 Å². The molecular formula is C14H13BrClFN2O. The van der Waals surface area contributed by atoms with E-state index in [9.17, 15) is 4.39 Å². The molecule has 6 heteroatoms. The molecule has 0 atom stereocenters. The van der Waals surface area contributed by atoms with Gasteiger partial charge in [-0.2, -0.15) is 0 Å². The normalized spacial score (nSPS) is 10.6.